The van der Waals surface area contributed by atoms with Gasteiger partial charge in [0.1, 0.15) is 5.82 Å². The van der Waals surface area contributed by atoms with Crippen molar-refractivity contribution in [1.29, 1.82) is 0 Å². The Bertz CT molecular complexity index is 593. The molecule has 1 N–H and O–H groups in total. The van der Waals surface area contributed by atoms with E-state index in [9.17, 15) is 12.8 Å². The van der Waals surface area contributed by atoms with Crippen LogP contribution in [0.15, 0.2) is 17.0 Å². The molecule has 0 radical (unpaired) electrons. The van der Waals surface area contributed by atoms with Crippen LogP contribution in [0.1, 0.15) is 36.8 Å². The molecule has 0 aliphatic heterocycles. The van der Waals surface area contributed by atoms with Gasteiger partial charge in [0.2, 0.25) is 10.0 Å². The number of aryl methyl sites for hydroxylation is 2. The van der Waals surface area contributed by atoms with Gasteiger partial charge in [-0.05, 0) is 62.6 Å². The summed E-state index contributed by atoms with van der Waals surface area (Å²) in [5, 5.41) is 0.516. The van der Waals surface area contributed by atoms with E-state index >= 15 is 0 Å². The molecule has 1 fully saturated rings. The summed E-state index contributed by atoms with van der Waals surface area (Å²) in [5.74, 6) is -0.399. The molecule has 3 nitrogen and oxygen atoms in total. The number of thioether (sulfide) groups is 1. The monoisotopic (exact) mass is 331 g/mol. The maximum Gasteiger partial charge on any atom is 0.241 e. The smallest absolute Gasteiger partial charge is 0.208 e. The summed E-state index contributed by atoms with van der Waals surface area (Å²) in [7, 11) is -3.60. The van der Waals surface area contributed by atoms with Crippen molar-refractivity contribution in [2.75, 3.05) is 6.26 Å². The fourth-order valence-corrected chi connectivity index (χ4v) is 5.63. The number of nitrogens with one attached hydrogen (secondary N) is 1. The first-order valence-corrected chi connectivity index (χ1v) is 9.92. The van der Waals surface area contributed by atoms with Crippen LogP contribution in [-0.4, -0.2) is 26.0 Å². The van der Waals surface area contributed by atoms with E-state index in [1.54, 1.807) is 25.6 Å². The molecule has 2 atom stereocenters. The minimum Gasteiger partial charge on any atom is -0.208 e. The molecule has 0 aromatic heterocycles. The number of sulfonamides is 1. The third kappa shape index (κ3) is 3.99. The van der Waals surface area contributed by atoms with Crippen LogP contribution in [0.25, 0.3) is 0 Å². The Balaban J connectivity index is 2.23. The molecule has 2 rings (SSSR count). The number of hydrogen-bond acceptors (Lipinski definition) is 3. The molecule has 1 aliphatic rings. The van der Waals surface area contributed by atoms with Crippen molar-refractivity contribution in [1.82, 2.24) is 4.72 Å². The second-order valence-corrected chi connectivity index (χ2v) is 8.50. The topological polar surface area (TPSA) is 46.2 Å². The van der Waals surface area contributed by atoms with Gasteiger partial charge in [0.25, 0.3) is 0 Å². The summed E-state index contributed by atoms with van der Waals surface area (Å²) in [6.07, 6.45) is 5.99. The highest BCUT2D eigenvalue weighted by Gasteiger charge is 2.28. The molecule has 1 aromatic rings. The van der Waals surface area contributed by atoms with Gasteiger partial charge in [-0.3, -0.25) is 0 Å². The zero-order valence-corrected chi connectivity index (χ0v) is 14.3. The predicted octanol–water partition coefficient (Wildman–Crippen LogP) is 3.40. The number of halogens is 1. The van der Waals surface area contributed by atoms with E-state index in [1.165, 1.54) is 12.1 Å². The molecular weight excluding hydrogens is 309 g/mol. The van der Waals surface area contributed by atoms with E-state index in [1.807, 2.05) is 0 Å². The van der Waals surface area contributed by atoms with Crippen molar-refractivity contribution in [3.63, 3.8) is 0 Å². The fraction of sp³-hybridized carbons (Fsp3) is 0.600. The molecule has 0 heterocycles. The molecule has 1 aromatic carbocycles. The van der Waals surface area contributed by atoms with Crippen molar-refractivity contribution in [2.24, 2.45) is 0 Å². The average Bonchev–Trinajstić information content (AvgIpc) is 2.36. The molecule has 6 heteroatoms. The lowest BCUT2D eigenvalue weighted by Crippen LogP contribution is -2.39. The first-order chi connectivity index (χ1) is 9.83. The lowest BCUT2D eigenvalue weighted by atomic mass is 9.96. The Labute approximate surface area is 130 Å². The van der Waals surface area contributed by atoms with Gasteiger partial charge in [0, 0.05) is 11.3 Å². The van der Waals surface area contributed by atoms with Crippen LogP contribution in [0.3, 0.4) is 0 Å². The second-order valence-electron chi connectivity index (χ2n) is 5.71. The Morgan fingerprint density at radius 1 is 1.24 bits per heavy atom. The fourth-order valence-electron chi connectivity index (χ4n) is 3.07. The molecule has 2 unspecified atom stereocenters. The highest BCUT2D eigenvalue weighted by molar-refractivity contribution is 7.99. The quantitative estimate of drug-likeness (QED) is 0.920. The Morgan fingerprint density at radius 3 is 2.43 bits per heavy atom. The summed E-state index contributed by atoms with van der Waals surface area (Å²) in [5.41, 5.74) is 0.912. The van der Waals surface area contributed by atoms with Gasteiger partial charge in [-0.1, -0.05) is 6.42 Å². The summed E-state index contributed by atoms with van der Waals surface area (Å²) in [4.78, 5) is 0.218. The van der Waals surface area contributed by atoms with Crippen LogP contribution in [0.5, 0.6) is 0 Å². The normalized spacial score (nSPS) is 23.2. The minimum absolute atomic E-state index is 0.0231. The van der Waals surface area contributed by atoms with Crippen LogP contribution in [0.4, 0.5) is 4.39 Å². The highest BCUT2D eigenvalue weighted by Crippen LogP contribution is 2.29. The highest BCUT2D eigenvalue weighted by atomic mass is 32.2. The van der Waals surface area contributed by atoms with Gasteiger partial charge in [0.05, 0.1) is 4.90 Å². The Kier molecular flexibility index (Phi) is 5.33. The molecule has 21 heavy (non-hydrogen) atoms. The van der Waals surface area contributed by atoms with Crippen molar-refractivity contribution in [3.05, 3.63) is 29.1 Å². The summed E-state index contributed by atoms with van der Waals surface area (Å²) in [6.45, 7) is 3.27. The standard InChI is InChI=1S/C15H22FNO2S2/c1-10-7-12(16)8-11(2)15(10)21(18,19)17-13-5-4-6-14(9-13)20-3/h7-8,13-14,17H,4-6,9H2,1-3H3. The molecule has 118 valence electrons. The van der Waals surface area contributed by atoms with Gasteiger partial charge in [-0.25, -0.2) is 17.5 Å². The summed E-state index contributed by atoms with van der Waals surface area (Å²) < 4.78 is 41.4. The maximum atomic E-state index is 13.3. The Morgan fingerprint density at radius 2 is 1.86 bits per heavy atom. The molecular formula is C15H22FNO2S2. The van der Waals surface area contributed by atoms with Gasteiger partial charge in [-0.2, -0.15) is 11.8 Å². The molecule has 1 aliphatic carbocycles. The lowest BCUT2D eigenvalue weighted by Gasteiger charge is -2.28. The van der Waals surface area contributed by atoms with E-state index in [4.69, 9.17) is 0 Å². The van der Waals surface area contributed by atoms with E-state index in [2.05, 4.69) is 11.0 Å². The van der Waals surface area contributed by atoms with Crippen LogP contribution in [-0.2, 0) is 10.0 Å². The van der Waals surface area contributed by atoms with E-state index in [0.29, 0.717) is 16.4 Å². The zero-order valence-electron chi connectivity index (χ0n) is 12.6. The van der Waals surface area contributed by atoms with Crippen molar-refractivity contribution >= 4 is 21.8 Å². The van der Waals surface area contributed by atoms with Gasteiger partial charge >= 0.3 is 0 Å². The predicted molar refractivity (Wildman–Crippen MR) is 85.8 cm³/mol. The zero-order chi connectivity index (χ0) is 15.6. The van der Waals surface area contributed by atoms with E-state index in [-0.39, 0.29) is 10.9 Å². The van der Waals surface area contributed by atoms with Gasteiger partial charge in [0.15, 0.2) is 0 Å². The first kappa shape index (κ1) is 16.8. The van der Waals surface area contributed by atoms with E-state index < -0.39 is 15.8 Å². The van der Waals surface area contributed by atoms with Crippen LogP contribution in [0.2, 0.25) is 0 Å². The van der Waals surface area contributed by atoms with Crippen LogP contribution < -0.4 is 4.72 Å². The van der Waals surface area contributed by atoms with Crippen LogP contribution in [0, 0.1) is 19.7 Å². The first-order valence-electron chi connectivity index (χ1n) is 7.15. The molecule has 0 bridgehead atoms. The summed E-state index contributed by atoms with van der Waals surface area (Å²) >= 11 is 1.80. The number of hydrogen-bond donors (Lipinski definition) is 1. The second kappa shape index (κ2) is 6.67. The van der Waals surface area contributed by atoms with E-state index in [0.717, 1.165) is 25.7 Å². The van der Waals surface area contributed by atoms with Crippen LogP contribution >= 0.6 is 11.8 Å². The third-order valence-electron chi connectivity index (χ3n) is 3.98. The molecule has 0 spiro atoms. The molecule has 0 saturated heterocycles. The van der Waals surface area contributed by atoms with Crippen molar-refractivity contribution in [2.45, 2.75) is 55.7 Å². The SMILES string of the molecule is CSC1CCCC(NS(=O)(=O)c2c(C)cc(F)cc2C)C1. The minimum atomic E-state index is -3.60. The average molecular weight is 331 g/mol. The van der Waals surface area contributed by atoms with Gasteiger partial charge < -0.3 is 0 Å². The third-order valence-corrected chi connectivity index (χ3v) is 6.89. The summed E-state index contributed by atoms with van der Waals surface area (Å²) in [6, 6.07) is 2.52. The largest absolute Gasteiger partial charge is 0.241 e. The number of rotatable bonds is 4. The number of benzene rings is 1. The van der Waals surface area contributed by atoms with Gasteiger partial charge in [-0.15, -0.1) is 0 Å². The Hall–Kier alpha value is -0.590. The van der Waals surface area contributed by atoms with Crippen molar-refractivity contribution < 1.29 is 12.8 Å². The van der Waals surface area contributed by atoms with Crippen molar-refractivity contribution in [3.8, 4) is 0 Å². The molecule has 1 saturated carbocycles. The molecule has 0 amide bonds. The maximum absolute atomic E-state index is 13.3. The lowest BCUT2D eigenvalue weighted by molar-refractivity contribution is 0.420.